The molecule has 2 N–H and O–H groups in total. The highest BCUT2D eigenvalue weighted by Crippen LogP contribution is 2.20. The molecule has 2 heterocycles. The van der Waals surface area contributed by atoms with E-state index in [1.807, 2.05) is 47.1 Å². The molecule has 7 nitrogen and oxygen atoms in total. The molecule has 2 aromatic rings. The van der Waals surface area contributed by atoms with E-state index in [-0.39, 0.29) is 11.6 Å². The third-order valence-corrected chi connectivity index (χ3v) is 5.02. The zero-order chi connectivity index (χ0) is 21.1. The summed E-state index contributed by atoms with van der Waals surface area (Å²) in [6, 6.07) is 13.9. The Kier molecular flexibility index (Phi) is 5.47. The lowest BCUT2D eigenvalue weighted by molar-refractivity contribution is -0.130. The third kappa shape index (κ3) is 4.32. The molecule has 0 atom stereocenters. The van der Waals surface area contributed by atoms with Crippen LogP contribution in [-0.4, -0.2) is 53.8 Å². The lowest BCUT2D eigenvalue weighted by Crippen LogP contribution is -2.48. The third-order valence-electron chi connectivity index (χ3n) is 5.02. The number of hydrogen-bond donors (Lipinski definition) is 2. The van der Waals surface area contributed by atoms with Crippen LogP contribution in [0, 0.1) is 18.2 Å². The fourth-order valence-corrected chi connectivity index (χ4v) is 3.32. The van der Waals surface area contributed by atoms with Crippen LogP contribution in [-0.2, 0) is 9.53 Å². The number of para-hydroxylation sites is 1. The van der Waals surface area contributed by atoms with E-state index >= 15 is 0 Å². The van der Waals surface area contributed by atoms with E-state index in [1.165, 1.54) is 12.1 Å². The first-order valence-corrected chi connectivity index (χ1v) is 9.68. The lowest BCUT2D eigenvalue weighted by atomic mass is 10.1. The summed E-state index contributed by atoms with van der Waals surface area (Å²) in [5.74, 6) is -0.490. The predicted molar refractivity (Wildman–Crippen MR) is 113 cm³/mol. The normalized spacial score (nSPS) is 17.7. The number of nitrogens with one attached hydrogen (secondary N) is 2. The fraction of sp³-hybridized carbons (Fsp3) is 0.227. The average Bonchev–Trinajstić information content (AvgIpc) is 3.11. The molecule has 0 unspecified atom stereocenters. The van der Waals surface area contributed by atoms with Crippen molar-refractivity contribution in [1.29, 1.82) is 5.41 Å². The SMILES string of the molecule is Cc1ccc(F)cc1C1=NC(=CN2CCN(C(=N)Nc3ccccc3)CC2)C(=O)O1. The summed E-state index contributed by atoms with van der Waals surface area (Å²) in [5.41, 5.74) is 2.31. The van der Waals surface area contributed by atoms with Gasteiger partial charge in [0.15, 0.2) is 11.7 Å². The number of nitrogens with zero attached hydrogens (tertiary/aromatic N) is 3. The van der Waals surface area contributed by atoms with Crippen molar-refractivity contribution >= 4 is 23.5 Å². The van der Waals surface area contributed by atoms with Crippen molar-refractivity contribution in [3.63, 3.8) is 0 Å². The number of carbonyl (C=O) groups is 1. The number of esters is 1. The van der Waals surface area contributed by atoms with Gasteiger partial charge in [0.2, 0.25) is 5.90 Å². The van der Waals surface area contributed by atoms with Crippen LogP contribution in [0.15, 0.2) is 65.4 Å². The zero-order valence-corrected chi connectivity index (χ0v) is 16.6. The summed E-state index contributed by atoms with van der Waals surface area (Å²) in [7, 11) is 0. The van der Waals surface area contributed by atoms with Gasteiger partial charge in [-0.15, -0.1) is 0 Å². The Balaban J connectivity index is 1.39. The number of hydrogen-bond acceptors (Lipinski definition) is 5. The number of aliphatic imine (C=N–C) groups is 1. The minimum absolute atomic E-state index is 0.121. The molecule has 8 heteroatoms. The van der Waals surface area contributed by atoms with Crippen molar-refractivity contribution in [3.05, 3.63) is 77.4 Å². The first-order valence-electron chi connectivity index (χ1n) is 9.68. The van der Waals surface area contributed by atoms with Crippen molar-refractivity contribution in [1.82, 2.24) is 9.80 Å². The Labute approximate surface area is 174 Å². The van der Waals surface area contributed by atoms with Gasteiger partial charge in [-0.05, 0) is 36.8 Å². The van der Waals surface area contributed by atoms with Crippen LogP contribution < -0.4 is 5.32 Å². The Morgan fingerprint density at radius 3 is 2.63 bits per heavy atom. The molecular weight excluding hydrogens is 385 g/mol. The van der Waals surface area contributed by atoms with Crippen molar-refractivity contribution < 1.29 is 13.9 Å². The zero-order valence-electron chi connectivity index (χ0n) is 16.6. The standard InChI is InChI=1S/C22H22FN5O2/c1-15-7-8-16(23)13-18(15)20-26-19(21(29)30-20)14-27-9-11-28(12-10-27)22(24)25-17-5-3-2-4-6-17/h2-8,13-14H,9-12H2,1H3,(H2,24,25). The maximum atomic E-state index is 13.6. The van der Waals surface area contributed by atoms with Crippen molar-refractivity contribution in [2.75, 3.05) is 31.5 Å². The second kappa shape index (κ2) is 8.36. The van der Waals surface area contributed by atoms with Gasteiger partial charge >= 0.3 is 5.97 Å². The number of rotatable bonds is 3. The number of anilines is 1. The first-order chi connectivity index (χ1) is 14.5. The molecule has 0 aromatic heterocycles. The lowest BCUT2D eigenvalue weighted by Gasteiger charge is -2.35. The van der Waals surface area contributed by atoms with Crippen LogP contribution in [0.2, 0.25) is 0 Å². The van der Waals surface area contributed by atoms with E-state index in [0.29, 0.717) is 37.7 Å². The molecule has 0 radical (unpaired) electrons. The average molecular weight is 407 g/mol. The smallest absolute Gasteiger partial charge is 0.365 e. The minimum Gasteiger partial charge on any atom is -0.402 e. The summed E-state index contributed by atoms with van der Waals surface area (Å²) in [6.45, 7) is 4.36. The van der Waals surface area contributed by atoms with Gasteiger partial charge in [-0.25, -0.2) is 14.2 Å². The highest BCUT2D eigenvalue weighted by Gasteiger charge is 2.27. The monoisotopic (exact) mass is 407 g/mol. The molecule has 2 aliphatic rings. The molecule has 0 saturated carbocycles. The molecule has 30 heavy (non-hydrogen) atoms. The molecule has 0 spiro atoms. The van der Waals surface area contributed by atoms with E-state index in [9.17, 15) is 9.18 Å². The van der Waals surface area contributed by atoms with Gasteiger partial charge in [-0.2, -0.15) is 0 Å². The van der Waals surface area contributed by atoms with Gasteiger partial charge in [0.1, 0.15) is 5.82 Å². The van der Waals surface area contributed by atoms with Gasteiger partial charge in [0, 0.05) is 43.6 Å². The van der Waals surface area contributed by atoms with Crippen LogP contribution in [0.3, 0.4) is 0 Å². The number of halogens is 1. The van der Waals surface area contributed by atoms with Gasteiger partial charge < -0.3 is 19.9 Å². The highest BCUT2D eigenvalue weighted by molar-refractivity contribution is 6.11. The molecule has 4 rings (SSSR count). The van der Waals surface area contributed by atoms with E-state index < -0.39 is 11.8 Å². The summed E-state index contributed by atoms with van der Waals surface area (Å²) in [5, 5.41) is 11.3. The van der Waals surface area contributed by atoms with Crippen LogP contribution in [0.4, 0.5) is 10.1 Å². The van der Waals surface area contributed by atoms with Crippen molar-refractivity contribution in [2.45, 2.75) is 6.92 Å². The number of cyclic esters (lactones) is 1. The van der Waals surface area contributed by atoms with Gasteiger partial charge in [-0.1, -0.05) is 24.3 Å². The van der Waals surface area contributed by atoms with Crippen molar-refractivity contribution in [2.24, 2.45) is 4.99 Å². The number of aryl methyl sites for hydroxylation is 1. The molecular formula is C22H22FN5O2. The molecule has 2 aliphatic heterocycles. The van der Waals surface area contributed by atoms with E-state index in [2.05, 4.69) is 10.3 Å². The van der Waals surface area contributed by atoms with Gasteiger partial charge in [0.05, 0.1) is 0 Å². The molecule has 0 aliphatic carbocycles. The predicted octanol–water partition coefficient (Wildman–Crippen LogP) is 2.94. The maximum absolute atomic E-state index is 13.6. The number of guanidine groups is 1. The Morgan fingerprint density at radius 1 is 1.17 bits per heavy atom. The second-order valence-electron chi connectivity index (χ2n) is 7.14. The van der Waals surface area contributed by atoms with E-state index in [0.717, 1.165) is 11.3 Å². The van der Waals surface area contributed by atoms with E-state index in [1.54, 1.807) is 12.3 Å². The fourth-order valence-electron chi connectivity index (χ4n) is 3.32. The maximum Gasteiger partial charge on any atom is 0.365 e. The second-order valence-corrected chi connectivity index (χ2v) is 7.14. The van der Waals surface area contributed by atoms with E-state index in [4.69, 9.17) is 10.1 Å². The summed E-state index contributed by atoms with van der Waals surface area (Å²) in [4.78, 5) is 20.4. The highest BCUT2D eigenvalue weighted by atomic mass is 19.1. The minimum atomic E-state index is -0.547. The molecule has 2 aromatic carbocycles. The summed E-state index contributed by atoms with van der Waals surface area (Å²) >= 11 is 0. The largest absolute Gasteiger partial charge is 0.402 e. The Hall–Kier alpha value is -3.68. The topological polar surface area (TPSA) is 81.0 Å². The first kappa shape index (κ1) is 19.6. The number of piperazine rings is 1. The summed E-state index contributed by atoms with van der Waals surface area (Å²) < 4.78 is 18.8. The Bertz CT molecular complexity index is 1030. The molecule has 154 valence electrons. The van der Waals surface area contributed by atoms with Crippen LogP contribution in [0.1, 0.15) is 11.1 Å². The number of carbonyl (C=O) groups excluding carboxylic acids is 1. The van der Waals surface area contributed by atoms with Crippen LogP contribution in [0.25, 0.3) is 0 Å². The Morgan fingerprint density at radius 2 is 1.90 bits per heavy atom. The quantitative estimate of drug-likeness (QED) is 0.354. The molecule has 0 bridgehead atoms. The number of ether oxygens (including phenoxy) is 1. The van der Waals surface area contributed by atoms with Crippen molar-refractivity contribution in [3.8, 4) is 0 Å². The number of benzene rings is 2. The van der Waals surface area contributed by atoms with Gasteiger partial charge in [0.25, 0.3) is 0 Å². The van der Waals surface area contributed by atoms with Crippen LogP contribution >= 0.6 is 0 Å². The summed E-state index contributed by atoms with van der Waals surface area (Å²) in [6.07, 6.45) is 1.68. The van der Waals surface area contributed by atoms with Gasteiger partial charge in [-0.3, -0.25) is 5.41 Å². The van der Waals surface area contributed by atoms with Crippen LogP contribution in [0.5, 0.6) is 0 Å². The molecule has 1 saturated heterocycles. The molecule has 1 fully saturated rings. The molecule has 0 amide bonds.